The van der Waals surface area contributed by atoms with Crippen molar-refractivity contribution in [3.63, 3.8) is 0 Å². The molecule has 0 amide bonds. The van der Waals surface area contributed by atoms with E-state index < -0.39 is 23.3 Å². The molecule has 0 unspecified atom stereocenters. The molecule has 2 fully saturated rings. The Bertz CT molecular complexity index is 879. The van der Waals surface area contributed by atoms with Crippen LogP contribution in [0, 0.1) is 47.9 Å². The molecule has 165 valence electrons. The van der Waals surface area contributed by atoms with E-state index >= 15 is 0 Å². The van der Waals surface area contributed by atoms with Crippen LogP contribution in [0.15, 0.2) is 24.3 Å². The zero-order valence-corrected chi connectivity index (χ0v) is 19.0. The first-order chi connectivity index (χ1) is 14.9. The fourth-order valence-electron chi connectivity index (χ4n) is 5.68. The molecular formula is C26H29F4Si. The Kier molecular flexibility index (Phi) is 6.90. The highest BCUT2D eigenvalue weighted by Gasteiger charge is 2.31. The van der Waals surface area contributed by atoms with Gasteiger partial charge in [-0.3, -0.25) is 0 Å². The van der Waals surface area contributed by atoms with E-state index in [4.69, 9.17) is 0 Å². The van der Waals surface area contributed by atoms with E-state index in [2.05, 4.69) is 10.2 Å². The van der Waals surface area contributed by atoms with Gasteiger partial charge in [0.2, 0.25) is 0 Å². The molecule has 0 spiro atoms. The minimum absolute atomic E-state index is 0.107. The van der Waals surface area contributed by atoms with Crippen LogP contribution in [-0.4, -0.2) is 10.2 Å². The summed E-state index contributed by atoms with van der Waals surface area (Å²) in [5.74, 6) is -0.663. The van der Waals surface area contributed by atoms with Crippen molar-refractivity contribution < 1.29 is 17.6 Å². The molecule has 2 saturated carbocycles. The van der Waals surface area contributed by atoms with Crippen molar-refractivity contribution in [1.29, 1.82) is 0 Å². The maximum Gasteiger partial charge on any atom is 0.134 e. The Morgan fingerprint density at radius 1 is 0.710 bits per heavy atom. The van der Waals surface area contributed by atoms with Crippen molar-refractivity contribution in [3.05, 3.63) is 58.7 Å². The van der Waals surface area contributed by atoms with Crippen LogP contribution < -0.4 is 0 Å². The zero-order chi connectivity index (χ0) is 22.1. The van der Waals surface area contributed by atoms with Gasteiger partial charge in [0.15, 0.2) is 0 Å². The molecule has 0 aromatic heterocycles. The molecule has 0 aliphatic heterocycles. The Labute approximate surface area is 185 Å². The lowest BCUT2D eigenvalue weighted by Crippen LogP contribution is -2.25. The van der Waals surface area contributed by atoms with Crippen LogP contribution in [0.25, 0.3) is 11.1 Å². The van der Waals surface area contributed by atoms with E-state index in [0.29, 0.717) is 5.56 Å². The molecule has 2 aliphatic rings. The van der Waals surface area contributed by atoms with E-state index in [1.807, 2.05) is 0 Å². The molecule has 0 nitrogen and oxygen atoms in total. The van der Waals surface area contributed by atoms with Crippen LogP contribution in [-0.2, 0) is 0 Å². The molecule has 0 bridgehead atoms. The summed E-state index contributed by atoms with van der Waals surface area (Å²) in [6.07, 6.45) is 9.28. The second-order valence-electron chi connectivity index (χ2n) is 9.52. The van der Waals surface area contributed by atoms with Crippen molar-refractivity contribution in [2.24, 2.45) is 17.8 Å². The van der Waals surface area contributed by atoms with Gasteiger partial charge >= 0.3 is 0 Å². The number of halogens is 4. The average Bonchev–Trinajstić information content (AvgIpc) is 2.77. The smallest absolute Gasteiger partial charge is 0.134 e. The molecule has 0 heterocycles. The summed E-state index contributed by atoms with van der Waals surface area (Å²) in [6, 6.07) is 5.80. The maximum absolute atomic E-state index is 14.9. The first kappa shape index (κ1) is 22.6. The van der Waals surface area contributed by atoms with Gasteiger partial charge in [-0.15, -0.1) is 0 Å². The molecule has 3 radical (unpaired) electrons. The minimum atomic E-state index is -0.804. The van der Waals surface area contributed by atoms with Gasteiger partial charge in [0.1, 0.15) is 23.3 Å². The van der Waals surface area contributed by atoms with Gasteiger partial charge in [0.05, 0.1) is 5.56 Å². The molecule has 2 aromatic rings. The van der Waals surface area contributed by atoms with E-state index in [-0.39, 0.29) is 22.6 Å². The first-order valence-corrected chi connectivity index (χ1v) is 12.2. The molecule has 2 aromatic carbocycles. The van der Waals surface area contributed by atoms with Crippen LogP contribution in [0.5, 0.6) is 0 Å². The Balaban J connectivity index is 1.46. The topological polar surface area (TPSA) is 0 Å². The highest BCUT2D eigenvalue weighted by atomic mass is 28.1. The lowest BCUT2D eigenvalue weighted by molar-refractivity contribution is 0.165. The third-order valence-electron chi connectivity index (χ3n) is 7.72. The van der Waals surface area contributed by atoms with Crippen LogP contribution in [0.4, 0.5) is 17.6 Å². The van der Waals surface area contributed by atoms with Gasteiger partial charge in [-0.25, -0.2) is 17.6 Å². The second kappa shape index (κ2) is 9.48. The third-order valence-corrected chi connectivity index (χ3v) is 8.30. The number of hydrogen-bond acceptors (Lipinski definition) is 0. The molecule has 2 aliphatic carbocycles. The SMILES string of the molecule is Cc1c(F)cc(-c2c(F)cc(C3CCC(C4CCC(C[Si])CC4)CC3)cc2F)cc1F. The Hall–Kier alpha value is -1.62. The van der Waals surface area contributed by atoms with Gasteiger partial charge in [-0.05, 0) is 105 Å². The van der Waals surface area contributed by atoms with E-state index in [0.717, 1.165) is 61.6 Å². The molecule has 5 heteroatoms. The van der Waals surface area contributed by atoms with E-state index in [9.17, 15) is 17.6 Å². The summed E-state index contributed by atoms with van der Waals surface area (Å²) in [5, 5.41) is 0. The van der Waals surface area contributed by atoms with Crippen molar-refractivity contribution in [2.45, 2.75) is 70.3 Å². The Morgan fingerprint density at radius 3 is 1.68 bits per heavy atom. The fourth-order valence-corrected chi connectivity index (χ4v) is 6.09. The molecule has 31 heavy (non-hydrogen) atoms. The quantitative estimate of drug-likeness (QED) is 0.332. The van der Waals surface area contributed by atoms with Crippen LogP contribution in [0.3, 0.4) is 0 Å². The van der Waals surface area contributed by atoms with Crippen molar-refractivity contribution in [1.82, 2.24) is 0 Å². The normalized spacial score (nSPS) is 26.8. The van der Waals surface area contributed by atoms with Gasteiger partial charge in [0, 0.05) is 15.8 Å². The van der Waals surface area contributed by atoms with Gasteiger partial charge in [-0.1, -0.05) is 18.9 Å². The van der Waals surface area contributed by atoms with Crippen LogP contribution in [0.1, 0.15) is 68.4 Å². The molecule has 0 atom stereocenters. The standard InChI is InChI=1S/C26H29F4Si/c1-15-22(27)12-21(13-23(15)28)26-24(29)10-20(11-25(26)30)19-8-6-18(7-9-19)17-4-2-16(14-31)3-5-17/h10-13,16-19H,2-9,14H2,1H3. The third kappa shape index (κ3) is 4.76. The largest absolute Gasteiger partial charge is 0.207 e. The van der Waals surface area contributed by atoms with Crippen LogP contribution in [0.2, 0.25) is 6.04 Å². The highest BCUT2D eigenvalue weighted by Crippen LogP contribution is 2.45. The first-order valence-electron chi connectivity index (χ1n) is 11.5. The van der Waals surface area contributed by atoms with Gasteiger partial charge in [-0.2, -0.15) is 0 Å². The molecule has 4 rings (SSSR count). The number of benzene rings is 2. The monoisotopic (exact) mass is 445 g/mol. The van der Waals surface area contributed by atoms with E-state index in [1.165, 1.54) is 44.7 Å². The summed E-state index contributed by atoms with van der Waals surface area (Å²) in [4.78, 5) is 0. The second-order valence-corrected chi connectivity index (χ2v) is 9.93. The zero-order valence-electron chi connectivity index (χ0n) is 18.0. The highest BCUT2D eigenvalue weighted by molar-refractivity contribution is 6.08. The minimum Gasteiger partial charge on any atom is -0.207 e. The van der Waals surface area contributed by atoms with Gasteiger partial charge in [0.25, 0.3) is 0 Å². The van der Waals surface area contributed by atoms with Gasteiger partial charge < -0.3 is 0 Å². The lowest BCUT2D eigenvalue weighted by Gasteiger charge is -2.38. The predicted octanol–water partition coefficient (Wildman–Crippen LogP) is 7.89. The number of hydrogen-bond donors (Lipinski definition) is 0. The van der Waals surface area contributed by atoms with Crippen molar-refractivity contribution >= 4 is 10.2 Å². The van der Waals surface area contributed by atoms with Crippen molar-refractivity contribution in [3.8, 4) is 11.1 Å². The molecule has 0 saturated heterocycles. The van der Waals surface area contributed by atoms with E-state index in [1.54, 1.807) is 0 Å². The maximum atomic E-state index is 14.9. The summed E-state index contributed by atoms with van der Waals surface area (Å²) < 4.78 is 57.5. The predicted molar refractivity (Wildman–Crippen MR) is 117 cm³/mol. The lowest BCUT2D eigenvalue weighted by atomic mass is 9.68. The summed E-state index contributed by atoms with van der Waals surface area (Å²) in [6.45, 7) is 1.30. The van der Waals surface area contributed by atoms with Crippen molar-refractivity contribution in [2.75, 3.05) is 0 Å². The van der Waals surface area contributed by atoms with Crippen LogP contribution >= 0.6 is 0 Å². The summed E-state index contributed by atoms with van der Waals surface area (Å²) in [5.41, 5.74) is 0.0370. The fraction of sp³-hybridized carbons (Fsp3) is 0.538. The average molecular weight is 446 g/mol. The summed E-state index contributed by atoms with van der Waals surface area (Å²) in [7, 11) is 3.65. The summed E-state index contributed by atoms with van der Waals surface area (Å²) >= 11 is 0. The number of rotatable bonds is 4. The molecule has 0 N–H and O–H groups in total. The Morgan fingerprint density at radius 2 is 1.19 bits per heavy atom. The molecular weight excluding hydrogens is 416 g/mol.